The molecule has 6 heteroatoms. The third-order valence-corrected chi connectivity index (χ3v) is 4.49. The molecule has 1 fully saturated rings. The van der Waals surface area contributed by atoms with Gasteiger partial charge in [0.25, 0.3) is 0 Å². The highest BCUT2D eigenvalue weighted by Gasteiger charge is 2.43. The van der Waals surface area contributed by atoms with Crippen LogP contribution in [-0.2, 0) is 28.6 Å². The smallest absolute Gasteiger partial charge is 0.309 e. The molecule has 6 nitrogen and oxygen atoms in total. The topological polar surface area (TPSA) is 78.9 Å². The van der Waals surface area contributed by atoms with Crippen LogP contribution in [0.5, 0.6) is 0 Å². The Morgan fingerprint density at radius 3 is 1.63 bits per heavy atom. The van der Waals surface area contributed by atoms with E-state index in [0.29, 0.717) is 32.1 Å². The molecular formula is C21H30O6. The zero-order chi connectivity index (χ0) is 20.1. The standard InChI is InChI=1S/C21H30O6/c1-4-7-12-25-19(22)16-10-11-17(20(23)26-13-8-5-2)18(15-16)21(24)27-14-9-6-3/h4-6,16-18H,1-3,7-15H2. The van der Waals surface area contributed by atoms with Gasteiger partial charge in [0, 0.05) is 0 Å². The Bertz CT molecular complexity index is 539. The maximum absolute atomic E-state index is 12.5. The lowest BCUT2D eigenvalue weighted by Gasteiger charge is -2.32. The third-order valence-electron chi connectivity index (χ3n) is 4.49. The predicted octanol–water partition coefficient (Wildman–Crippen LogP) is 3.38. The molecule has 27 heavy (non-hydrogen) atoms. The monoisotopic (exact) mass is 378 g/mol. The van der Waals surface area contributed by atoms with Gasteiger partial charge >= 0.3 is 17.9 Å². The zero-order valence-corrected chi connectivity index (χ0v) is 15.9. The minimum atomic E-state index is -0.711. The van der Waals surface area contributed by atoms with Crippen LogP contribution in [0, 0.1) is 17.8 Å². The molecule has 0 radical (unpaired) electrons. The van der Waals surface area contributed by atoms with Crippen molar-refractivity contribution in [3.63, 3.8) is 0 Å². The Morgan fingerprint density at radius 2 is 1.15 bits per heavy atom. The molecule has 0 heterocycles. The maximum atomic E-state index is 12.5. The van der Waals surface area contributed by atoms with Crippen LogP contribution >= 0.6 is 0 Å². The third kappa shape index (κ3) is 7.81. The molecule has 1 saturated carbocycles. The highest BCUT2D eigenvalue weighted by molar-refractivity contribution is 5.83. The Hall–Kier alpha value is -2.37. The van der Waals surface area contributed by atoms with Crippen LogP contribution in [-0.4, -0.2) is 37.7 Å². The Kier molecular flexibility index (Phi) is 10.8. The van der Waals surface area contributed by atoms with Crippen molar-refractivity contribution >= 4 is 17.9 Å². The summed E-state index contributed by atoms with van der Waals surface area (Å²) in [6.07, 6.45) is 7.71. The summed E-state index contributed by atoms with van der Waals surface area (Å²) in [5.41, 5.74) is 0. The van der Waals surface area contributed by atoms with E-state index in [-0.39, 0.29) is 32.2 Å². The van der Waals surface area contributed by atoms with Crippen molar-refractivity contribution in [2.75, 3.05) is 19.8 Å². The van der Waals surface area contributed by atoms with Crippen LogP contribution in [0.15, 0.2) is 38.0 Å². The van der Waals surface area contributed by atoms with Gasteiger partial charge in [0.2, 0.25) is 0 Å². The molecule has 1 aliphatic carbocycles. The van der Waals surface area contributed by atoms with E-state index in [1.807, 2.05) is 0 Å². The number of carbonyl (C=O) groups is 3. The average molecular weight is 378 g/mol. The Morgan fingerprint density at radius 1 is 0.704 bits per heavy atom. The average Bonchev–Trinajstić information content (AvgIpc) is 2.67. The Labute approximate surface area is 161 Å². The molecule has 0 aromatic rings. The van der Waals surface area contributed by atoms with Gasteiger partial charge in [0.1, 0.15) is 0 Å². The van der Waals surface area contributed by atoms with Crippen LogP contribution in [0.4, 0.5) is 0 Å². The van der Waals surface area contributed by atoms with Crippen LogP contribution < -0.4 is 0 Å². The maximum Gasteiger partial charge on any atom is 0.309 e. The summed E-state index contributed by atoms with van der Waals surface area (Å²) in [6.45, 7) is 11.4. The lowest BCUT2D eigenvalue weighted by atomic mass is 9.74. The second-order valence-corrected chi connectivity index (χ2v) is 6.46. The zero-order valence-electron chi connectivity index (χ0n) is 15.9. The molecule has 0 N–H and O–H groups in total. The minimum absolute atomic E-state index is 0.200. The van der Waals surface area contributed by atoms with Crippen molar-refractivity contribution in [2.45, 2.75) is 38.5 Å². The summed E-state index contributed by atoms with van der Waals surface area (Å²) in [5, 5.41) is 0. The molecule has 1 rings (SSSR count). The van der Waals surface area contributed by atoms with Gasteiger partial charge in [-0.1, -0.05) is 18.2 Å². The van der Waals surface area contributed by atoms with Gasteiger partial charge in [-0.2, -0.15) is 0 Å². The quantitative estimate of drug-likeness (QED) is 0.224. The van der Waals surface area contributed by atoms with E-state index in [1.54, 1.807) is 18.2 Å². The van der Waals surface area contributed by atoms with Crippen molar-refractivity contribution in [2.24, 2.45) is 17.8 Å². The number of ether oxygens (including phenoxy) is 3. The summed E-state index contributed by atoms with van der Waals surface area (Å²) in [5.74, 6) is -3.00. The lowest BCUT2D eigenvalue weighted by Crippen LogP contribution is -2.40. The molecular weight excluding hydrogens is 348 g/mol. The van der Waals surface area contributed by atoms with E-state index in [9.17, 15) is 14.4 Å². The van der Waals surface area contributed by atoms with Gasteiger partial charge in [0.15, 0.2) is 0 Å². The molecule has 0 aromatic heterocycles. The first-order valence-electron chi connectivity index (χ1n) is 9.37. The summed E-state index contributed by atoms with van der Waals surface area (Å²) >= 11 is 0. The van der Waals surface area contributed by atoms with Crippen LogP contribution in [0.1, 0.15) is 38.5 Å². The minimum Gasteiger partial charge on any atom is -0.465 e. The highest BCUT2D eigenvalue weighted by Crippen LogP contribution is 2.36. The van der Waals surface area contributed by atoms with Gasteiger partial charge in [0.05, 0.1) is 37.6 Å². The summed E-state index contributed by atoms with van der Waals surface area (Å²) in [6, 6.07) is 0. The molecule has 0 saturated heterocycles. The molecule has 0 aromatic carbocycles. The molecule has 3 unspecified atom stereocenters. The molecule has 1 aliphatic rings. The number of rotatable bonds is 12. The van der Waals surface area contributed by atoms with E-state index >= 15 is 0 Å². The fourth-order valence-electron chi connectivity index (χ4n) is 2.99. The first-order valence-corrected chi connectivity index (χ1v) is 9.37. The highest BCUT2D eigenvalue weighted by atomic mass is 16.5. The van der Waals surface area contributed by atoms with E-state index < -0.39 is 29.7 Å². The van der Waals surface area contributed by atoms with Crippen LogP contribution in [0.25, 0.3) is 0 Å². The second kappa shape index (κ2) is 12.9. The number of esters is 3. The van der Waals surface area contributed by atoms with Gasteiger partial charge in [-0.05, 0) is 38.5 Å². The Balaban J connectivity index is 2.75. The first kappa shape index (κ1) is 22.7. The van der Waals surface area contributed by atoms with Crippen molar-refractivity contribution in [1.29, 1.82) is 0 Å². The van der Waals surface area contributed by atoms with Gasteiger partial charge in [-0.3, -0.25) is 14.4 Å². The van der Waals surface area contributed by atoms with E-state index in [0.717, 1.165) is 0 Å². The molecule has 0 amide bonds. The summed E-state index contributed by atoms with van der Waals surface area (Å²) < 4.78 is 15.7. The second-order valence-electron chi connectivity index (χ2n) is 6.46. The van der Waals surface area contributed by atoms with Gasteiger partial charge in [-0.15, -0.1) is 19.7 Å². The van der Waals surface area contributed by atoms with Crippen molar-refractivity contribution in [3.05, 3.63) is 38.0 Å². The fraction of sp³-hybridized carbons (Fsp3) is 0.571. The van der Waals surface area contributed by atoms with Gasteiger partial charge in [-0.25, -0.2) is 0 Å². The molecule has 0 bridgehead atoms. The van der Waals surface area contributed by atoms with E-state index in [2.05, 4.69) is 19.7 Å². The van der Waals surface area contributed by atoms with E-state index in [4.69, 9.17) is 14.2 Å². The molecule has 0 aliphatic heterocycles. The fourth-order valence-corrected chi connectivity index (χ4v) is 2.99. The predicted molar refractivity (Wildman–Crippen MR) is 102 cm³/mol. The van der Waals surface area contributed by atoms with Gasteiger partial charge < -0.3 is 14.2 Å². The van der Waals surface area contributed by atoms with Crippen molar-refractivity contribution in [1.82, 2.24) is 0 Å². The summed E-state index contributed by atoms with van der Waals surface area (Å²) in [7, 11) is 0. The molecule has 150 valence electrons. The molecule has 3 atom stereocenters. The van der Waals surface area contributed by atoms with E-state index in [1.165, 1.54) is 0 Å². The SMILES string of the molecule is C=CCCOC(=O)C1CCC(C(=O)OCCC=C)C(C(=O)OCCC=C)C1. The number of carbonyl (C=O) groups excluding carboxylic acids is 3. The van der Waals surface area contributed by atoms with Crippen molar-refractivity contribution in [3.8, 4) is 0 Å². The molecule has 0 spiro atoms. The lowest BCUT2D eigenvalue weighted by molar-refractivity contribution is -0.166. The first-order chi connectivity index (χ1) is 13.0. The number of hydrogen-bond acceptors (Lipinski definition) is 6. The summed E-state index contributed by atoms with van der Waals surface area (Å²) in [4.78, 5) is 37.1. The normalized spacial score (nSPS) is 21.6. The van der Waals surface area contributed by atoms with Crippen LogP contribution in [0.3, 0.4) is 0 Å². The van der Waals surface area contributed by atoms with Crippen LogP contribution in [0.2, 0.25) is 0 Å². The van der Waals surface area contributed by atoms with Crippen molar-refractivity contribution < 1.29 is 28.6 Å². The number of hydrogen-bond donors (Lipinski definition) is 0. The largest absolute Gasteiger partial charge is 0.465 e.